The summed E-state index contributed by atoms with van der Waals surface area (Å²) in [6.45, 7) is 4.09. The predicted octanol–water partition coefficient (Wildman–Crippen LogP) is 3.43. The molecular weight excluding hydrogens is 402 g/mol. The minimum Gasteiger partial charge on any atom is -0.458 e. The summed E-state index contributed by atoms with van der Waals surface area (Å²) in [6, 6.07) is 8.42. The molecule has 0 N–H and O–H groups in total. The number of piperazine rings is 1. The molecule has 152 valence electrons. The fourth-order valence-corrected chi connectivity index (χ4v) is 5.30. The first kappa shape index (κ1) is 17.8. The van der Waals surface area contributed by atoms with Crippen molar-refractivity contribution in [3.8, 4) is 10.9 Å². The van der Waals surface area contributed by atoms with Crippen molar-refractivity contribution < 1.29 is 13.9 Å². The highest BCUT2D eigenvalue weighted by molar-refractivity contribution is 7.20. The van der Waals surface area contributed by atoms with Crippen LogP contribution in [0.3, 0.4) is 0 Å². The zero-order valence-electron chi connectivity index (χ0n) is 16.3. The molecule has 2 saturated heterocycles. The van der Waals surface area contributed by atoms with Gasteiger partial charge >= 0.3 is 0 Å². The van der Waals surface area contributed by atoms with Crippen molar-refractivity contribution in [2.45, 2.75) is 32.0 Å². The van der Waals surface area contributed by atoms with E-state index in [1.807, 2.05) is 29.2 Å². The van der Waals surface area contributed by atoms with Gasteiger partial charge in [-0.1, -0.05) is 11.3 Å². The SMILES string of the molecule is CC(=O)N1CC2CC1CN2Cc1cc2ncc(Oc3nc4ncccc4s3)cc2o1. The second-order valence-electron chi connectivity index (χ2n) is 7.82. The van der Waals surface area contributed by atoms with E-state index in [0.717, 1.165) is 42.0 Å². The standard InChI is InChI=1S/C21H19N5O3S/c1-12(27)26-10-13-5-14(26)9-25(13)11-16-6-17-18(28-16)7-15(8-23-17)29-21-24-20-19(30-21)3-2-4-22-20/h2-4,6-8,13-14H,5,9-11H2,1H3. The smallest absolute Gasteiger partial charge is 0.281 e. The Bertz CT molecular complexity index is 1230. The summed E-state index contributed by atoms with van der Waals surface area (Å²) >= 11 is 1.44. The third-order valence-electron chi connectivity index (χ3n) is 5.86. The number of furan rings is 1. The minimum atomic E-state index is 0.173. The fourth-order valence-electron chi connectivity index (χ4n) is 4.51. The predicted molar refractivity (Wildman–Crippen MR) is 111 cm³/mol. The lowest BCUT2D eigenvalue weighted by molar-refractivity contribution is -0.131. The molecule has 8 nitrogen and oxygen atoms in total. The molecule has 2 bridgehead atoms. The quantitative estimate of drug-likeness (QED) is 0.499. The molecule has 2 unspecified atom stereocenters. The van der Waals surface area contributed by atoms with E-state index in [-0.39, 0.29) is 5.91 Å². The van der Waals surface area contributed by atoms with Gasteiger partial charge in [0.15, 0.2) is 17.0 Å². The number of thiazole rings is 1. The molecule has 6 heterocycles. The zero-order valence-corrected chi connectivity index (χ0v) is 17.1. The average molecular weight is 421 g/mol. The number of amides is 1. The average Bonchev–Trinajstić information content (AvgIpc) is 3.49. The third kappa shape index (κ3) is 3.01. The normalized spacial score (nSPS) is 21.2. The van der Waals surface area contributed by atoms with Crippen LogP contribution >= 0.6 is 11.3 Å². The molecule has 1 amide bonds. The molecule has 0 aliphatic carbocycles. The van der Waals surface area contributed by atoms with Gasteiger partial charge in [0.05, 0.1) is 17.4 Å². The number of nitrogens with zero attached hydrogens (tertiary/aromatic N) is 5. The second kappa shape index (κ2) is 6.75. The number of carbonyl (C=O) groups is 1. The highest BCUT2D eigenvalue weighted by Gasteiger charge is 2.44. The van der Waals surface area contributed by atoms with E-state index in [1.165, 1.54) is 11.3 Å². The second-order valence-corrected chi connectivity index (χ2v) is 8.81. The number of likely N-dealkylation sites (tertiary alicyclic amines) is 2. The molecule has 0 spiro atoms. The Balaban J connectivity index is 1.19. The molecule has 4 aromatic rings. The number of carbonyl (C=O) groups excluding carboxylic acids is 1. The van der Waals surface area contributed by atoms with Gasteiger partial charge in [-0.15, -0.1) is 0 Å². The topological polar surface area (TPSA) is 84.6 Å². The van der Waals surface area contributed by atoms with Crippen molar-refractivity contribution in [2.75, 3.05) is 13.1 Å². The number of aromatic nitrogens is 3. The van der Waals surface area contributed by atoms with Crippen LogP contribution in [0.2, 0.25) is 0 Å². The fraction of sp³-hybridized carbons (Fsp3) is 0.333. The number of hydrogen-bond donors (Lipinski definition) is 0. The Morgan fingerprint density at radius 3 is 3.03 bits per heavy atom. The Labute approximate surface area is 176 Å². The van der Waals surface area contributed by atoms with Crippen LogP contribution in [-0.2, 0) is 11.3 Å². The number of rotatable bonds is 4. The Kier molecular flexibility index (Phi) is 4.00. The van der Waals surface area contributed by atoms with E-state index >= 15 is 0 Å². The van der Waals surface area contributed by atoms with Gasteiger partial charge in [-0.05, 0) is 18.6 Å². The minimum absolute atomic E-state index is 0.173. The summed E-state index contributed by atoms with van der Waals surface area (Å²) in [6.07, 6.45) is 4.45. The van der Waals surface area contributed by atoms with E-state index in [1.54, 1.807) is 19.3 Å². The van der Waals surface area contributed by atoms with Crippen molar-refractivity contribution in [1.82, 2.24) is 24.8 Å². The van der Waals surface area contributed by atoms with E-state index in [4.69, 9.17) is 9.15 Å². The first-order chi connectivity index (χ1) is 14.6. The molecule has 30 heavy (non-hydrogen) atoms. The Hall–Kier alpha value is -3.04. The number of pyridine rings is 2. The maximum Gasteiger partial charge on any atom is 0.281 e. The van der Waals surface area contributed by atoms with Gasteiger partial charge in [0.25, 0.3) is 5.19 Å². The van der Waals surface area contributed by atoms with Crippen LogP contribution < -0.4 is 4.74 Å². The summed E-state index contributed by atoms with van der Waals surface area (Å²) < 4.78 is 12.9. The van der Waals surface area contributed by atoms with Crippen LogP contribution in [-0.4, -0.2) is 55.8 Å². The summed E-state index contributed by atoms with van der Waals surface area (Å²) in [7, 11) is 0. The number of hydrogen-bond acceptors (Lipinski definition) is 8. The number of ether oxygens (including phenoxy) is 1. The first-order valence-corrected chi connectivity index (χ1v) is 10.7. The van der Waals surface area contributed by atoms with Crippen LogP contribution in [0.1, 0.15) is 19.1 Å². The lowest BCUT2D eigenvalue weighted by atomic mass is 10.2. The summed E-state index contributed by atoms with van der Waals surface area (Å²) in [5.74, 6) is 1.63. The Morgan fingerprint density at radius 2 is 2.23 bits per heavy atom. The molecule has 6 rings (SSSR count). The maximum atomic E-state index is 11.7. The van der Waals surface area contributed by atoms with Gasteiger partial charge in [0.2, 0.25) is 5.91 Å². The number of fused-ring (bicyclic) bond motifs is 4. The van der Waals surface area contributed by atoms with E-state index in [0.29, 0.717) is 34.3 Å². The highest BCUT2D eigenvalue weighted by Crippen LogP contribution is 2.34. The third-order valence-corrected chi connectivity index (χ3v) is 6.75. The largest absolute Gasteiger partial charge is 0.458 e. The van der Waals surface area contributed by atoms with E-state index in [9.17, 15) is 4.79 Å². The molecule has 9 heteroatoms. The van der Waals surface area contributed by atoms with Crippen molar-refractivity contribution in [3.05, 3.63) is 42.4 Å². The molecule has 0 saturated carbocycles. The van der Waals surface area contributed by atoms with Crippen LogP contribution in [0.15, 0.2) is 41.1 Å². The molecule has 2 aliphatic rings. The van der Waals surface area contributed by atoms with Crippen LogP contribution in [0.25, 0.3) is 21.4 Å². The Morgan fingerprint density at radius 1 is 1.30 bits per heavy atom. The lowest BCUT2D eigenvalue weighted by Crippen LogP contribution is -2.47. The molecule has 0 aromatic carbocycles. The van der Waals surface area contributed by atoms with Crippen molar-refractivity contribution in [3.63, 3.8) is 0 Å². The molecule has 4 aromatic heterocycles. The van der Waals surface area contributed by atoms with Crippen LogP contribution in [0.4, 0.5) is 0 Å². The first-order valence-electron chi connectivity index (χ1n) is 9.91. The molecule has 0 radical (unpaired) electrons. The van der Waals surface area contributed by atoms with Gasteiger partial charge in [-0.25, -0.2) is 9.97 Å². The van der Waals surface area contributed by atoms with Crippen LogP contribution in [0, 0.1) is 0 Å². The summed E-state index contributed by atoms with van der Waals surface area (Å²) in [4.78, 5) is 29.2. The van der Waals surface area contributed by atoms with Crippen molar-refractivity contribution >= 4 is 38.7 Å². The van der Waals surface area contributed by atoms with E-state index in [2.05, 4.69) is 19.9 Å². The van der Waals surface area contributed by atoms with E-state index < -0.39 is 0 Å². The maximum absolute atomic E-state index is 11.7. The monoisotopic (exact) mass is 421 g/mol. The summed E-state index contributed by atoms with van der Waals surface area (Å²) in [5, 5.41) is 0.528. The molecule has 2 fully saturated rings. The zero-order chi connectivity index (χ0) is 20.2. The summed E-state index contributed by atoms with van der Waals surface area (Å²) in [5.41, 5.74) is 2.17. The highest BCUT2D eigenvalue weighted by atomic mass is 32.1. The van der Waals surface area contributed by atoms with Gasteiger partial charge < -0.3 is 14.1 Å². The molecule has 2 aliphatic heterocycles. The van der Waals surface area contributed by atoms with Gasteiger partial charge in [0, 0.05) is 50.4 Å². The molecular formula is C21H19N5O3S. The lowest BCUT2D eigenvalue weighted by Gasteiger charge is -2.33. The van der Waals surface area contributed by atoms with Gasteiger partial charge in [0.1, 0.15) is 11.3 Å². The van der Waals surface area contributed by atoms with Crippen molar-refractivity contribution in [2.24, 2.45) is 0 Å². The van der Waals surface area contributed by atoms with Crippen LogP contribution in [0.5, 0.6) is 10.9 Å². The van der Waals surface area contributed by atoms with Crippen molar-refractivity contribution in [1.29, 1.82) is 0 Å². The van der Waals surface area contributed by atoms with Gasteiger partial charge in [-0.3, -0.25) is 9.69 Å². The molecule has 2 atom stereocenters. The van der Waals surface area contributed by atoms with Gasteiger partial charge in [-0.2, -0.15) is 4.98 Å².